The lowest BCUT2D eigenvalue weighted by Gasteiger charge is -2.08. The molecule has 2 amide bonds. The molecule has 0 aliphatic heterocycles. The summed E-state index contributed by atoms with van der Waals surface area (Å²) in [5.74, 6) is -0.561. The number of anilines is 2. The first-order valence-corrected chi connectivity index (χ1v) is 7.55. The molecule has 0 aliphatic carbocycles. The van der Waals surface area contributed by atoms with Gasteiger partial charge in [0.15, 0.2) is 17.3 Å². The fourth-order valence-corrected chi connectivity index (χ4v) is 1.92. The lowest BCUT2D eigenvalue weighted by atomic mass is 10.3. The molecule has 2 aromatic heterocycles. The van der Waals surface area contributed by atoms with Gasteiger partial charge in [-0.05, 0) is 25.5 Å². The van der Waals surface area contributed by atoms with Crippen LogP contribution in [0.5, 0.6) is 0 Å². The molecule has 25 heavy (non-hydrogen) atoms. The Bertz CT molecular complexity index is 749. The number of rotatable bonds is 7. The number of hydrogen-bond donors (Lipinski definition) is 4. The van der Waals surface area contributed by atoms with Gasteiger partial charge in [0.2, 0.25) is 0 Å². The number of pyridine rings is 1. The van der Waals surface area contributed by atoms with Gasteiger partial charge in [-0.2, -0.15) is 5.10 Å². The van der Waals surface area contributed by atoms with E-state index in [-0.39, 0.29) is 12.2 Å². The quantitative estimate of drug-likeness (QED) is 0.561. The molecule has 2 rings (SSSR count). The Morgan fingerprint density at radius 2 is 2.00 bits per heavy atom. The number of amides is 2. The van der Waals surface area contributed by atoms with E-state index in [0.717, 1.165) is 11.8 Å². The van der Waals surface area contributed by atoms with Crippen molar-refractivity contribution in [2.75, 3.05) is 25.5 Å². The number of ether oxygens (including phenoxy) is 1. The van der Waals surface area contributed by atoms with Gasteiger partial charge in [-0.25, -0.2) is 14.2 Å². The number of carbonyl (C=O) groups is 2. The molecule has 0 bridgehead atoms. The van der Waals surface area contributed by atoms with Crippen molar-refractivity contribution < 1.29 is 18.7 Å². The summed E-state index contributed by atoms with van der Waals surface area (Å²) >= 11 is 0. The predicted octanol–water partition coefficient (Wildman–Crippen LogP) is 1.47. The molecule has 0 atom stereocenters. The summed E-state index contributed by atoms with van der Waals surface area (Å²) in [5, 5.41) is 14.6. The van der Waals surface area contributed by atoms with Crippen LogP contribution in [0.2, 0.25) is 0 Å². The maximum atomic E-state index is 13.8. The number of alkyl carbamates (subject to hydrolysis) is 1. The molecule has 134 valence electrons. The predicted molar refractivity (Wildman–Crippen MR) is 88.2 cm³/mol. The summed E-state index contributed by atoms with van der Waals surface area (Å²) in [6, 6.07) is 4.32. The van der Waals surface area contributed by atoms with E-state index in [1.54, 1.807) is 6.07 Å². The fraction of sp³-hybridized carbons (Fsp3) is 0.333. The van der Waals surface area contributed by atoms with E-state index in [1.807, 2.05) is 6.92 Å². The van der Waals surface area contributed by atoms with Crippen LogP contribution in [0.4, 0.5) is 20.8 Å². The second kappa shape index (κ2) is 8.62. The number of methoxy groups -OCH3 is 1. The van der Waals surface area contributed by atoms with Gasteiger partial charge >= 0.3 is 6.09 Å². The monoisotopic (exact) mass is 350 g/mol. The number of nitrogens with zero attached hydrogens (tertiary/aromatic N) is 2. The average Bonchev–Trinajstić information content (AvgIpc) is 3.00. The fourth-order valence-electron chi connectivity index (χ4n) is 1.92. The van der Waals surface area contributed by atoms with E-state index in [4.69, 9.17) is 0 Å². The molecule has 2 aromatic rings. The summed E-state index contributed by atoms with van der Waals surface area (Å²) in [7, 11) is 1.26. The van der Waals surface area contributed by atoms with E-state index >= 15 is 0 Å². The van der Waals surface area contributed by atoms with Crippen LogP contribution in [0.25, 0.3) is 0 Å². The van der Waals surface area contributed by atoms with Crippen LogP contribution in [0.15, 0.2) is 18.2 Å². The van der Waals surface area contributed by atoms with Crippen molar-refractivity contribution in [3.8, 4) is 0 Å². The first kappa shape index (κ1) is 18.2. The van der Waals surface area contributed by atoms with Gasteiger partial charge in [-0.15, -0.1) is 0 Å². The van der Waals surface area contributed by atoms with Crippen LogP contribution in [-0.4, -0.2) is 47.4 Å². The molecule has 0 unspecified atom stereocenters. The van der Waals surface area contributed by atoms with Crippen LogP contribution in [0, 0.1) is 12.7 Å². The first-order chi connectivity index (χ1) is 12.0. The van der Waals surface area contributed by atoms with Crippen LogP contribution in [-0.2, 0) is 4.74 Å². The van der Waals surface area contributed by atoms with E-state index in [0.29, 0.717) is 24.6 Å². The highest BCUT2D eigenvalue weighted by atomic mass is 19.1. The lowest BCUT2D eigenvalue weighted by molar-refractivity contribution is 0.0944. The SMILES string of the molecule is COC(=O)NCCCNC(=O)c1nc(Nc2cc(C)[nH]n2)ccc1F. The highest BCUT2D eigenvalue weighted by Crippen LogP contribution is 2.15. The molecule has 0 aliphatic rings. The van der Waals surface area contributed by atoms with Gasteiger partial charge in [-0.3, -0.25) is 9.89 Å². The molecule has 4 N–H and O–H groups in total. The zero-order valence-electron chi connectivity index (χ0n) is 13.9. The van der Waals surface area contributed by atoms with Gasteiger partial charge in [0.05, 0.1) is 7.11 Å². The molecule has 0 spiro atoms. The van der Waals surface area contributed by atoms with Crippen LogP contribution in [0.3, 0.4) is 0 Å². The molecule has 2 heterocycles. The minimum Gasteiger partial charge on any atom is -0.453 e. The number of nitrogens with one attached hydrogen (secondary N) is 4. The molecular formula is C15H19FN6O3. The number of carbonyl (C=O) groups excluding carboxylic acids is 2. The topological polar surface area (TPSA) is 121 Å². The van der Waals surface area contributed by atoms with E-state index in [2.05, 4.69) is 35.9 Å². The second-order valence-electron chi connectivity index (χ2n) is 5.12. The van der Waals surface area contributed by atoms with Crippen molar-refractivity contribution in [3.05, 3.63) is 35.4 Å². The summed E-state index contributed by atoms with van der Waals surface area (Å²) < 4.78 is 18.3. The van der Waals surface area contributed by atoms with Gasteiger partial charge in [-0.1, -0.05) is 0 Å². The highest BCUT2D eigenvalue weighted by molar-refractivity contribution is 5.93. The smallest absolute Gasteiger partial charge is 0.406 e. The van der Waals surface area contributed by atoms with Crippen molar-refractivity contribution >= 4 is 23.6 Å². The summed E-state index contributed by atoms with van der Waals surface area (Å²) in [4.78, 5) is 26.9. The Labute approximate surface area is 143 Å². The van der Waals surface area contributed by atoms with Gasteiger partial charge in [0, 0.05) is 24.8 Å². The molecule has 0 fully saturated rings. The Morgan fingerprint density at radius 1 is 1.24 bits per heavy atom. The van der Waals surface area contributed by atoms with Crippen LogP contribution in [0.1, 0.15) is 22.6 Å². The summed E-state index contributed by atoms with van der Waals surface area (Å²) in [6.45, 7) is 2.41. The lowest BCUT2D eigenvalue weighted by Crippen LogP contribution is -2.30. The molecule has 9 nitrogen and oxygen atoms in total. The number of hydrogen-bond acceptors (Lipinski definition) is 6. The maximum Gasteiger partial charge on any atom is 0.406 e. The second-order valence-corrected chi connectivity index (χ2v) is 5.12. The normalized spacial score (nSPS) is 10.2. The highest BCUT2D eigenvalue weighted by Gasteiger charge is 2.14. The number of halogens is 1. The third-order valence-electron chi connectivity index (χ3n) is 3.12. The molecule has 0 saturated heterocycles. The van der Waals surface area contributed by atoms with Gasteiger partial charge in [0.25, 0.3) is 5.91 Å². The number of aromatic amines is 1. The molecule has 0 saturated carbocycles. The minimum atomic E-state index is -0.728. The maximum absolute atomic E-state index is 13.8. The zero-order chi connectivity index (χ0) is 18.2. The van der Waals surface area contributed by atoms with Crippen molar-refractivity contribution in [1.29, 1.82) is 0 Å². The Hall–Kier alpha value is -3.17. The average molecular weight is 350 g/mol. The molecule has 0 radical (unpaired) electrons. The number of aromatic nitrogens is 3. The van der Waals surface area contributed by atoms with Crippen molar-refractivity contribution in [2.45, 2.75) is 13.3 Å². The first-order valence-electron chi connectivity index (χ1n) is 7.55. The Balaban J connectivity index is 1.90. The van der Waals surface area contributed by atoms with Gasteiger partial charge in [0.1, 0.15) is 5.82 Å². The molecular weight excluding hydrogens is 331 g/mol. The van der Waals surface area contributed by atoms with Crippen molar-refractivity contribution in [1.82, 2.24) is 25.8 Å². The Kier molecular flexibility index (Phi) is 6.26. The molecule has 0 aromatic carbocycles. The van der Waals surface area contributed by atoms with Crippen LogP contribution < -0.4 is 16.0 Å². The van der Waals surface area contributed by atoms with Crippen molar-refractivity contribution in [3.63, 3.8) is 0 Å². The van der Waals surface area contributed by atoms with Gasteiger partial charge < -0.3 is 20.7 Å². The third-order valence-corrected chi connectivity index (χ3v) is 3.12. The van der Waals surface area contributed by atoms with Crippen LogP contribution >= 0.6 is 0 Å². The standard InChI is InChI=1S/C15H19FN6O3/c1-9-8-12(22-21-9)19-11-5-4-10(16)13(20-11)14(23)17-6-3-7-18-15(24)25-2/h4-5,8H,3,6-7H2,1-2H3,(H,17,23)(H,18,24)(H2,19,20,21,22). The summed E-state index contributed by atoms with van der Waals surface area (Å²) in [5.41, 5.74) is 0.529. The zero-order valence-corrected chi connectivity index (χ0v) is 13.9. The largest absolute Gasteiger partial charge is 0.453 e. The summed E-state index contributed by atoms with van der Waals surface area (Å²) in [6.07, 6.45) is -0.0844. The van der Waals surface area contributed by atoms with E-state index < -0.39 is 17.8 Å². The minimum absolute atomic E-state index is 0.250. The Morgan fingerprint density at radius 3 is 2.68 bits per heavy atom. The molecule has 10 heteroatoms. The number of aryl methyl sites for hydroxylation is 1. The number of H-pyrrole nitrogens is 1. The van der Waals surface area contributed by atoms with E-state index in [9.17, 15) is 14.0 Å². The van der Waals surface area contributed by atoms with Crippen molar-refractivity contribution in [2.24, 2.45) is 0 Å². The van der Waals surface area contributed by atoms with E-state index in [1.165, 1.54) is 13.2 Å². The third kappa shape index (κ3) is 5.44.